The van der Waals surface area contributed by atoms with Crippen LogP contribution < -0.4 is 0 Å². The molecule has 0 spiro atoms. The standard InChI is InChI=1S/C15H30NS/c1-2-3-4-5-6-7-8-9-10-11-13-17-14-12-16-15-17/h17H,2-14H2,1H3. The van der Waals surface area contributed by atoms with Crippen molar-refractivity contribution in [3.05, 3.63) is 0 Å². The molecule has 1 heterocycles. The molecule has 0 amide bonds. The Morgan fingerprint density at radius 3 is 2.00 bits per heavy atom. The lowest BCUT2D eigenvalue weighted by Gasteiger charge is -2.09. The highest BCUT2D eigenvalue weighted by Crippen LogP contribution is 2.27. The van der Waals surface area contributed by atoms with Crippen molar-refractivity contribution in [2.24, 2.45) is 4.99 Å². The van der Waals surface area contributed by atoms with E-state index in [0.29, 0.717) is 0 Å². The summed E-state index contributed by atoms with van der Waals surface area (Å²) >= 11 is 0. The SMILES string of the molecule is CCCCCCCCCCCC[SH]1[C]=NCC1. The lowest BCUT2D eigenvalue weighted by atomic mass is 10.1. The number of hydrogen-bond acceptors (Lipinski definition) is 1. The molecule has 0 saturated carbocycles. The Kier molecular flexibility index (Phi) is 9.87. The van der Waals surface area contributed by atoms with Crippen molar-refractivity contribution in [2.75, 3.05) is 18.1 Å². The molecule has 1 radical (unpaired) electrons. The maximum atomic E-state index is 4.21. The van der Waals surface area contributed by atoms with Gasteiger partial charge >= 0.3 is 0 Å². The van der Waals surface area contributed by atoms with E-state index in [9.17, 15) is 0 Å². The maximum Gasteiger partial charge on any atom is 0.101 e. The first-order valence-electron chi connectivity index (χ1n) is 7.60. The molecule has 1 rings (SSSR count). The van der Waals surface area contributed by atoms with Gasteiger partial charge in [-0.3, -0.25) is 4.99 Å². The van der Waals surface area contributed by atoms with Crippen molar-refractivity contribution in [3.8, 4) is 0 Å². The second-order valence-electron chi connectivity index (χ2n) is 5.15. The molecule has 17 heavy (non-hydrogen) atoms. The second kappa shape index (κ2) is 11.1. The Hall–Kier alpha value is 0.0200. The molecule has 0 saturated heterocycles. The third kappa shape index (κ3) is 8.70. The summed E-state index contributed by atoms with van der Waals surface area (Å²) in [6, 6.07) is 0. The van der Waals surface area contributed by atoms with Gasteiger partial charge in [-0.1, -0.05) is 64.7 Å². The quantitative estimate of drug-likeness (QED) is 0.402. The van der Waals surface area contributed by atoms with Gasteiger partial charge in [-0.05, 0) is 17.9 Å². The molecule has 0 aromatic carbocycles. The lowest BCUT2D eigenvalue weighted by molar-refractivity contribution is 0.563. The molecule has 0 fully saturated rings. The van der Waals surface area contributed by atoms with E-state index in [1.54, 1.807) is 0 Å². The number of aliphatic imine (C=N–C) groups is 1. The highest BCUT2D eigenvalue weighted by molar-refractivity contribution is 8.28. The Balaban J connectivity index is 1.71. The molecule has 0 bridgehead atoms. The van der Waals surface area contributed by atoms with Crippen LogP contribution in [0.3, 0.4) is 0 Å². The Morgan fingerprint density at radius 1 is 0.882 bits per heavy atom. The van der Waals surface area contributed by atoms with Crippen molar-refractivity contribution in [2.45, 2.75) is 71.1 Å². The highest BCUT2D eigenvalue weighted by Gasteiger charge is 2.05. The van der Waals surface area contributed by atoms with Gasteiger partial charge in [0.1, 0.15) is 5.55 Å². The molecule has 0 N–H and O–H groups in total. The van der Waals surface area contributed by atoms with Crippen LogP contribution in [0.1, 0.15) is 71.1 Å². The number of nitrogens with zero attached hydrogens (tertiary/aromatic N) is 1. The number of hydrogen-bond donors (Lipinski definition) is 1. The average Bonchev–Trinajstić information content (AvgIpc) is 2.85. The van der Waals surface area contributed by atoms with Gasteiger partial charge < -0.3 is 0 Å². The Bertz CT molecular complexity index is 191. The highest BCUT2D eigenvalue weighted by atomic mass is 32.2. The summed E-state index contributed by atoms with van der Waals surface area (Å²) in [7, 11) is 0.104. The van der Waals surface area contributed by atoms with E-state index in [-0.39, 0.29) is 10.9 Å². The second-order valence-corrected chi connectivity index (χ2v) is 7.32. The molecular formula is C15H30NS. The summed E-state index contributed by atoms with van der Waals surface area (Å²) in [6.07, 6.45) is 14.4. The molecule has 101 valence electrons. The zero-order chi connectivity index (χ0) is 12.2. The maximum absolute atomic E-state index is 4.21. The van der Waals surface area contributed by atoms with Crippen LogP contribution in [0.4, 0.5) is 0 Å². The average molecular weight is 256 g/mol. The van der Waals surface area contributed by atoms with Crippen molar-refractivity contribution in [1.29, 1.82) is 0 Å². The fourth-order valence-corrected chi connectivity index (χ4v) is 3.99. The van der Waals surface area contributed by atoms with E-state index in [0.717, 1.165) is 6.54 Å². The first-order valence-corrected chi connectivity index (χ1v) is 9.32. The minimum Gasteiger partial charge on any atom is -0.277 e. The summed E-state index contributed by atoms with van der Waals surface area (Å²) in [5, 5.41) is 0. The van der Waals surface area contributed by atoms with E-state index in [1.165, 1.54) is 75.7 Å². The molecule has 0 aromatic rings. The third-order valence-corrected chi connectivity index (χ3v) is 5.50. The smallest absolute Gasteiger partial charge is 0.101 e. The van der Waals surface area contributed by atoms with Gasteiger partial charge in [-0.2, -0.15) is 0 Å². The van der Waals surface area contributed by atoms with Gasteiger partial charge in [0, 0.05) is 6.54 Å². The van der Waals surface area contributed by atoms with E-state index in [1.807, 2.05) is 0 Å². The van der Waals surface area contributed by atoms with Gasteiger partial charge in [0.25, 0.3) is 0 Å². The van der Waals surface area contributed by atoms with Crippen molar-refractivity contribution < 1.29 is 0 Å². The van der Waals surface area contributed by atoms with Gasteiger partial charge in [0.2, 0.25) is 0 Å². The summed E-state index contributed by atoms with van der Waals surface area (Å²) in [5.41, 5.74) is 3.28. The van der Waals surface area contributed by atoms with E-state index >= 15 is 0 Å². The van der Waals surface area contributed by atoms with Crippen LogP contribution in [-0.4, -0.2) is 23.6 Å². The minimum atomic E-state index is 0.104. The Morgan fingerprint density at radius 2 is 1.47 bits per heavy atom. The summed E-state index contributed by atoms with van der Waals surface area (Å²) in [6.45, 7) is 3.34. The van der Waals surface area contributed by atoms with Crippen molar-refractivity contribution in [3.63, 3.8) is 0 Å². The number of thiol groups is 1. The molecule has 1 nitrogen and oxygen atoms in total. The van der Waals surface area contributed by atoms with E-state index in [4.69, 9.17) is 0 Å². The summed E-state index contributed by atoms with van der Waals surface area (Å²) in [5.74, 6) is 2.72. The third-order valence-electron chi connectivity index (χ3n) is 3.48. The van der Waals surface area contributed by atoms with Crippen LogP contribution in [-0.2, 0) is 0 Å². The van der Waals surface area contributed by atoms with Gasteiger partial charge in [0.15, 0.2) is 0 Å². The van der Waals surface area contributed by atoms with Gasteiger partial charge in [-0.25, -0.2) is 10.9 Å². The lowest BCUT2D eigenvalue weighted by Crippen LogP contribution is -1.92. The zero-order valence-corrected chi connectivity index (χ0v) is 12.5. The largest absolute Gasteiger partial charge is 0.277 e. The molecule has 1 atom stereocenters. The number of rotatable bonds is 11. The molecule has 1 aliphatic heterocycles. The molecule has 0 aromatic heterocycles. The molecule has 2 heteroatoms. The summed E-state index contributed by atoms with van der Waals surface area (Å²) < 4.78 is 0. The summed E-state index contributed by atoms with van der Waals surface area (Å²) in [4.78, 5) is 4.21. The van der Waals surface area contributed by atoms with Crippen molar-refractivity contribution >= 4 is 16.4 Å². The minimum absolute atomic E-state index is 0.104. The molecule has 1 unspecified atom stereocenters. The van der Waals surface area contributed by atoms with Crippen LogP contribution in [0.5, 0.6) is 0 Å². The first kappa shape index (κ1) is 15.1. The van der Waals surface area contributed by atoms with Gasteiger partial charge in [-0.15, -0.1) is 0 Å². The predicted molar refractivity (Wildman–Crippen MR) is 82.9 cm³/mol. The molecular weight excluding hydrogens is 226 g/mol. The fraction of sp³-hybridized carbons (Fsp3) is 0.933. The van der Waals surface area contributed by atoms with Crippen molar-refractivity contribution in [1.82, 2.24) is 0 Å². The van der Waals surface area contributed by atoms with E-state index in [2.05, 4.69) is 17.5 Å². The fourth-order valence-electron chi connectivity index (χ4n) is 2.32. The van der Waals surface area contributed by atoms with Crippen LogP contribution in [0.25, 0.3) is 0 Å². The van der Waals surface area contributed by atoms with Crippen LogP contribution in [0, 0.1) is 0 Å². The molecule has 1 aliphatic rings. The monoisotopic (exact) mass is 256 g/mol. The van der Waals surface area contributed by atoms with Gasteiger partial charge in [0.05, 0.1) is 0 Å². The predicted octanol–water partition coefficient (Wildman–Crippen LogP) is 4.83. The normalized spacial score (nSPS) is 21.1. The van der Waals surface area contributed by atoms with E-state index < -0.39 is 0 Å². The Labute approximate surface area is 111 Å². The van der Waals surface area contributed by atoms with Crippen LogP contribution in [0.2, 0.25) is 0 Å². The number of unbranched alkanes of at least 4 members (excludes halogenated alkanes) is 9. The topological polar surface area (TPSA) is 12.4 Å². The molecule has 0 aliphatic carbocycles. The first-order chi connectivity index (χ1) is 8.43. The van der Waals surface area contributed by atoms with Crippen LogP contribution in [0.15, 0.2) is 4.99 Å². The van der Waals surface area contributed by atoms with Crippen LogP contribution >= 0.6 is 10.9 Å². The zero-order valence-electron chi connectivity index (χ0n) is 11.6.